The van der Waals surface area contributed by atoms with Crippen LogP contribution in [0.15, 0.2) is 30.5 Å². The minimum atomic E-state index is -4.34. The van der Waals surface area contributed by atoms with Gasteiger partial charge in [0.2, 0.25) is 0 Å². The zero-order valence-electron chi connectivity index (χ0n) is 11.2. The fourth-order valence-corrected chi connectivity index (χ4v) is 1.73. The molecule has 0 aliphatic heterocycles. The van der Waals surface area contributed by atoms with Crippen molar-refractivity contribution in [1.29, 1.82) is 0 Å². The number of hydrogen-bond donors (Lipinski definition) is 1. The van der Waals surface area contributed by atoms with Crippen LogP contribution in [0.25, 0.3) is 0 Å². The Morgan fingerprint density at radius 2 is 2.11 bits per heavy atom. The van der Waals surface area contributed by atoms with Crippen LogP contribution in [0.5, 0.6) is 0 Å². The van der Waals surface area contributed by atoms with Crippen molar-refractivity contribution in [1.82, 2.24) is 10.3 Å². The van der Waals surface area contributed by atoms with Crippen LogP contribution in [0.3, 0.4) is 0 Å². The standard InChI is InChI=1S/C14H19F3N2/c1-4-7-18-13(8-10(2)3)12-6-5-11(9-19-12)14(15,16)17/h5-6,9,13,18H,2,4,7-8H2,1,3H3. The molecular weight excluding hydrogens is 253 g/mol. The van der Waals surface area contributed by atoms with Gasteiger partial charge in [0.05, 0.1) is 17.3 Å². The van der Waals surface area contributed by atoms with E-state index in [9.17, 15) is 13.2 Å². The molecule has 1 unspecified atom stereocenters. The minimum Gasteiger partial charge on any atom is -0.308 e. The number of pyridine rings is 1. The van der Waals surface area contributed by atoms with Crippen molar-refractivity contribution < 1.29 is 13.2 Å². The summed E-state index contributed by atoms with van der Waals surface area (Å²) in [5, 5.41) is 3.27. The van der Waals surface area contributed by atoms with Gasteiger partial charge in [-0.15, -0.1) is 6.58 Å². The largest absolute Gasteiger partial charge is 0.417 e. The van der Waals surface area contributed by atoms with Gasteiger partial charge in [0, 0.05) is 6.20 Å². The third-order valence-electron chi connectivity index (χ3n) is 2.66. The van der Waals surface area contributed by atoms with Crippen LogP contribution in [-0.2, 0) is 6.18 Å². The van der Waals surface area contributed by atoms with Crippen molar-refractivity contribution in [3.8, 4) is 0 Å². The molecule has 0 radical (unpaired) electrons. The van der Waals surface area contributed by atoms with Crippen LogP contribution in [0.1, 0.15) is 44.0 Å². The summed E-state index contributed by atoms with van der Waals surface area (Å²) in [7, 11) is 0. The predicted octanol–water partition coefficient (Wildman–Crippen LogP) is 4.11. The maximum absolute atomic E-state index is 12.5. The van der Waals surface area contributed by atoms with Gasteiger partial charge in [-0.2, -0.15) is 13.2 Å². The summed E-state index contributed by atoms with van der Waals surface area (Å²) in [5.41, 5.74) is 0.862. The molecular formula is C14H19F3N2. The van der Waals surface area contributed by atoms with E-state index in [0.29, 0.717) is 12.1 Å². The highest BCUT2D eigenvalue weighted by Gasteiger charge is 2.30. The summed E-state index contributed by atoms with van der Waals surface area (Å²) in [6, 6.07) is 2.42. The van der Waals surface area contributed by atoms with Gasteiger partial charge >= 0.3 is 6.18 Å². The van der Waals surface area contributed by atoms with E-state index in [4.69, 9.17) is 0 Å². The molecule has 0 bridgehead atoms. The molecule has 0 saturated heterocycles. The quantitative estimate of drug-likeness (QED) is 0.788. The molecule has 0 fully saturated rings. The Morgan fingerprint density at radius 1 is 1.42 bits per heavy atom. The molecule has 1 rings (SSSR count). The lowest BCUT2D eigenvalue weighted by atomic mass is 10.0. The second kappa shape index (κ2) is 6.70. The molecule has 1 aromatic rings. The summed E-state index contributed by atoms with van der Waals surface area (Å²) in [6.45, 7) is 8.56. The van der Waals surface area contributed by atoms with Crippen LogP contribution in [-0.4, -0.2) is 11.5 Å². The number of nitrogens with one attached hydrogen (secondary N) is 1. The average molecular weight is 272 g/mol. The molecule has 19 heavy (non-hydrogen) atoms. The normalized spacial score (nSPS) is 13.3. The van der Waals surface area contributed by atoms with E-state index >= 15 is 0 Å². The molecule has 0 aliphatic rings. The number of alkyl halides is 3. The zero-order chi connectivity index (χ0) is 14.5. The van der Waals surface area contributed by atoms with Gasteiger partial charge in [0.15, 0.2) is 0 Å². The molecule has 0 aromatic carbocycles. The van der Waals surface area contributed by atoms with Gasteiger partial charge in [0.25, 0.3) is 0 Å². The third-order valence-corrected chi connectivity index (χ3v) is 2.66. The van der Waals surface area contributed by atoms with Gasteiger partial charge in [-0.1, -0.05) is 12.5 Å². The topological polar surface area (TPSA) is 24.9 Å². The lowest BCUT2D eigenvalue weighted by Crippen LogP contribution is -2.23. The average Bonchev–Trinajstić information content (AvgIpc) is 2.33. The molecule has 2 nitrogen and oxygen atoms in total. The maximum Gasteiger partial charge on any atom is 0.417 e. The Hall–Kier alpha value is -1.36. The highest BCUT2D eigenvalue weighted by molar-refractivity contribution is 5.20. The summed E-state index contributed by atoms with van der Waals surface area (Å²) >= 11 is 0. The number of halogens is 3. The highest BCUT2D eigenvalue weighted by atomic mass is 19.4. The molecule has 1 N–H and O–H groups in total. The van der Waals surface area contributed by atoms with Crippen LogP contribution in [0.4, 0.5) is 13.2 Å². The first-order valence-corrected chi connectivity index (χ1v) is 6.25. The Balaban J connectivity index is 2.87. The van der Waals surface area contributed by atoms with E-state index in [-0.39, 0.29) is 6.04 Å². The van der Waals surface area contributed by atoms with Crippen LogP contribution in [0, 0.1) is 0 Å². The Morgan fingerprint density at radius 3 is 2.53 bits per heavy atom. The van der Waals surface area contributed by atoms with E-state index in [1.54, 1.807) is 0 Å². The second-order valence-corrected chi connectivity index (χ2v) is 4.64. The number of aromatic nitrogens is 1. The summed E-state index contributed by atoms with van der Waals surface area (Å²) in [6.07, 6.45) is -1.84. The van der Waals surface area contributed by atoms with Gasteiger partial charge < -0.3 is 5.32 Å². The molecule has 106 valence electrons. The number of nitrogens with zero attached hydrogens (tertiary/aromatic N) is 1. The minimum absolute atomic E-state index is 0.0836. The van der Waals surface area contributed by atoms with Crippen LogP contribution < -0.4 is 5.32 Å². The van der Waals surface area contributed by atoms with Gasteiger partial charge in [-0.25, -0.2) is 0 Å². The van der Waals surface area contributed by atoms with Crippen molar-refractivity contribution in [2.45, 2.75) is 38.9 Å². The van der Waals surface area contributed by atoms with Gasteiger partial charge in [-0.05, 0) is 38.4 Å². The van der Waals surface area contributed by atoms with Gasteiger partial charge in [0.1, 0.15) is 0 Å². The first-order chi connectivity index (χ1) is 8.84. The third kappa shape index (κ3) is 5.03. The zero-order valence-corrected chi connectivity index (χ0v) is 11.2. The van der Waals surface area contributed by atoms with Crippen molar-refractivity contribution >= 4 is 0 Å². The monoisotopic (exact) mass is 272 g/mol. The van der Waals surface area contributed by atoms with Crippen molar-refractivity contribution in [2.75, 3.05) is 6.54 Å². The number of hydrogen-bond acceptors (Lipinski definition) is 2. The SMILES string of the molecule is C=C(C)CC(NCCC)c1ccc(C(F)(F)F)cn1. The molecule has 1 heterocycles. The Kier molecular flexibility index (Phi) is 5.54. The molecule has 1 aromatic heterocycles. The summed E-state index contributed by atoms with van der Waals surface area (Å²) in [5.74, 6) is 0. The Bertz CT molecular complexity index is 410. The first-order valence-electron chi connectivity index (χ1n) is 6.25. The molecule has 1 atom stereocenters. The van der Waals surface area contributed by atoms with E-state index < -0.39 is 11.7 Å². The van der Waals surface area contributed by atoms with E-state index in [1.807, 2.05) is 13.8 Å². The van der Waals surface area contributed by atoms with Gasteiger partial charge in [-0.3, -0.25) is 4.98 Å². The first kappa shape index (κ1) is 15.7. The molecule has 0 saturated carbocycles. The highest BCUT2D eigenvalue weighted by Crippen LogP contribution is 2.29. The van der Waals surface area contributed by atoms with E-state index in [1.165, 1.54) is 6.07 Å². The van der Waals surface area contributed by atoms with Crippen molar-refractivity contribution in [3.63, 3.8) is 0 Å². The fraction of sp³-hybridized carbons (Fsp3) is 0.500. The fourth-order valence-electron chi connectivity index (χ4n) is 1.73. The lowest BCUT2D eigenvalue weighted by Gasteiger charge is -2.18. The Labute approximate surface area is 111 Å². The molecule has 5 heteroatoms. The van der Waals surface area contributed by atoms with Crippen molar-refractivity contribution in [3.05, 3.63) is 41.7 Å². The molecule has 0 aliphatic carbocycles. The van der Waals surface area contributed by atoms with E-state index in [2.05, 4.69) is 16.9 Å². The van der Waals surface area contributed by atoms with Crippen LogP contribution >= 0.6 is 0 Å². The van der Waals surface area contributed by atoms with E-state index in [0.717, 1.165) is 30.8 Å². The second-order valence-electron chi connectivity index (χ2n) is 4.64. The smallest absolute Gasteiger partial charge is 0.308 e. The maximum atomic E-state index is 12.5. The predicted molar refractivity (Wildman–Crippen MR) is 69.7 cm³/mol. The summed E-state index contributed by atoms with van der Waals surface area (Å²) < 4.78 is 37.4. The number of rotatable bonds is 6. The molecule has 0 amide bonds. The summed E-state index contributed by atoms with van der Waals surface area (Å²) in [4.78, 5) is 3.93. The molecule has 0 spiro atoms. The lowest BCUT2D eigenvalue weighted by molar-refractivity contribution is -0.137. The van der Waals surface area contributed by atoms with Crippen LogP contribution in [0.2, 0.25) is 0 Å². The van der Waals surface area contributed by atoms with Crippen molar-refractivity contribution in [2.24, 2.45) is 0 Å².